The third-order valence-electron chi connectivity index (χ3n) is 6.25. The van der Waals surface area contributed by atoms with Crippen LogP contribution in [0.2, 0.25) is 0 Å². The number of hydrogen-bond donors (Lipinski definition) is 0. The molecule has 0 saturated carbocycles. The van der Waals surface area contributed by atoms with Gasteiger partial charge in [-0.2, -0.15) is 0 Å². The molecule has 2 aromatic carbocycles. The summed E-state index contributed by atoms with van der Waals surface area (Å²) in [7, 11) is -2.45. The van der Waals surface area contributed by atoms with E-state index in [1.807, 2.05) is 37.3 Å². The fourth-order valence-electron chi connectivity index (χ4n) is 4.52. The molecule has 3 aromatic rings. The van der Waals surface area contributed by atoms with E-state index in [2.05, 4.69) is 4.98 Å². The summed E-state index contributed by atoms with van der Waals surface area (Å²) in [5, 5.41) is 1.01. The molecule has 0 atom stereocenters. The van der Waals surface area contributed by atoms with Crippen LogP contribution in [-0.4, -0.2) is 56.1 Å². The summed E-state index contributed by atoms with van der Waals surface area (Å²) >= 11 is 0. The Kier molecular flexibility index (Phi) is 6.80. The van der Waals surface area contributed by atoms with Crippen molar-refractivity contribution in [2.75, 3.05) is 26.0 Å². The number of rotatable bonds is 8. The van der Waals surface area contributed by atoms with Crippen molar-refractivity contribution < 1.29 is 27.5 Å². The van der Waals surface area contributed by atoms with Gasteiger partial charge in [-0.15, -0.1) is 0 Å². The number of esters is 1. The number of likely N-dealkylation sites (tertiary alicyclic amines) is 1. The van der Waals surface area contributed by atoms with Gasteiger partial charge in [0.25, 0.3) is 0 Å². The van der Waals surface area contributed by atoms with Gasteiger partial charge in [-0.05, 0) is 43.3 Å². The molecule has 0 unspecified atom stereocenters. The number of amides is 1. The molecule has 35 heavy (non-hydrogen) atoms. The van der Waals surface area contributed by atoms with E-state index >= 15 is 0 Å². The van der Waals surface area contributed by atoms with Crippen LogP contribution in [0.25, 0.3) is 10.9 Å². The number of pyridine rings is 1. The lowest BCUT2D eigenvalue weighted by Crippen LogP contribution is -2.61. The topological polar surface area (TPSA) is 103 Å². The van der Waals surface area contributed by atoms with Crippen LogP contribution in [0, 0.1) is 12.3 Å². The van der Waals surface area contributed by atoms with E-state index in [1.54, 1.807) is 12.1 Å². The van der Waals surface area contributed by atoms with Gasteiger partial charge in [0.05, 0.1) is 29.7 Å². The first-order chi connectivity index (χ1) is 16.6. The van der Waals surface area contributed by atoms with Crippen LogP contribution in [0.5, 0.6) is 5.75 Å². The van der Waals surface area contributed by atoms with E-state index in [9.17, 15) is 18.0 Å². The minimum atomic E-state index is -3.71. The number of fused-ring (bicyclic) bond motifs is 1. The first-order valence-corrected chi connectivity index (χ1v) is 12.9. The molecule has 1 fully saturated rings. The van der Waals surface area contributed by atoms with Gasteiger partial charge in [0.15, 0.2) is 9.84 Å². The van der Waals surface area contributed by atoms with Crippen LogP contribution >= 0.6 is 0 Å². The number of nitrogens with zero attached hydrogens (tertiary/aromatic N) is 2. The summed E-state index contributed by atoms with van der Waals surface area (Å²) in [5.74, 6) is -0.354. The molecule has 184 valence electrons. The first kappa shape index (κ1) is 24.7. The minimum absolute atomic E-state index is 0.0625. The molecule has 0 aliphatic carbocycles. The van der Waals surface area contributed by atoms with Crippen LogP contribution in [0.3, 0.4) is 0 Å². The molecule has 2 heterocycles. The van der Waals surface area contributed by atoms with Crippen LogP contribution in [0.4, 0.5) is 0 Å². The molecule has 0 radical (unpaired) electrons. The maximum absolute atomic E-state index is 13.2. The highest BCUT2D eigenvalue weighted by Crippen LogP contribution is 2.37. The second kappa shape index (κ2) is 9.65. The van der Waals surface area contributed by atoms with Gasteiger partial charge in [-0.3, -0.25) is 14.6 Å². The number of hydrogen-bond acceptors (Lipinski definition) is 7. The quantitative estimate of drug-likeness (QED) is 0.441. The Morgan fingerprint density at radius 1 is 1.09 bits per heavy atom. The van der Waals surface area contributed by atoms with Crippen LogP contribution in [-0.2, 0) is 30.8 Å². The summed E-state index contributed by atoms with van der Waals surface area (Å²) in [6.45, 7) is 4.08. The van der Waals surface area contributed by atoms with E-state index in [0.717, 1.165) is 22.2 Å². The lowest BCUT2D eigenvalue weighted by molar-refractivity contribution is -0.152. The Labute approximate surface area is 204 Å². The van der Waals surface area contributed by atoms with Gasteiger partial charge in [0.1, 0.15) is 12.4 Å². The minimum Gasteiger partial charge on any atom is -0.489 e. The number of carbonyl (C=O) groups excluding carboxylic acids is 2. The van der Waals surface area contributed by atoms with E-state index in [0.29, 0.717) is 12.4 Å². The van der Waals surface area contributed by atoms with Crippen molar-refractivity contribution in [2.24, 2.45) is 5.41 Å². The summed E-state index contributed by atoms with van der Waals surface area (Å²) in [4.78, 5) is 29.8. The third kappa shape index (κ3) is 5.45. The molecular weight excluding hydrogens is 468 g/mol. The highest BCUT2D eigenvalue weighted by atomic mass is 32.2. The molecule has 1 aliphatic rings. The van der Waals surface area contributed by atoms with Crippen molar-refractivity contribution in [3.63, 3.8) is 0 Å². The van der Waals surface area contributed by atoms with Gasteiger partial charge in [0.2, 0.25) is 5.91 Å². The smallest absolute Gasteiger partial charge is 0.306 e. The third-order valence-corrected chi connectivity index (χ3v) is 8.23. The molecular formula is C26H28N2O6S. The monoisotopic (exact) mass is 496 g/mol. The van der Waals surface area contributed by atoms with E-state index < -0.39 is 21.2 Å². The molecule has 0 bridgehead atoms. The second-order valence-corrected chi connectivity index (χ2v) is 11.1. The predicted octanol–water partition coefficient (Wildman–Crippen LogP) is 3.31. The van der Waals surface area contributed by atoms with Crippen LogP contribution < -0.4 is 4.74 Å². The normalized spacial score (nSPS) is 14.9. The van der Waals surface area contributed by atoms with E-state index in [-0.39, 0.29) is 36.1 Å². The SMILES string of the molecule is COC(=O)CC1(CS(=O)(=O)c2ccc(OCc3cc(C)nc4ccccc34)cc2)CN(C(C)=O)C1. The number of ether oxygens (including phenoxy) is 2. The Balaban J connectivity index is 1.47. The van der Waals surface area contributed by atoms with Crippen molar-refractivity contribution in [1.82, 2.24) is 9.88 Å². The average Bonchev–Trinajstić information content (AvgIpc) is 2.80. The van der Waals surface area contributed by atoms with E-state index in [4.69, 9.17) is 9.47 Å². The Bertz CT molecular complexity index is 1360. The van der Waals surface area contributed by atoms with Crippen molar-refractivity contribution in [3.05, 3.63) is 65.9 Å². The molecule has 1 aromatic heterocycles. The molecule has 0 spiro atoms. The van der Waals surface area contributed by atoms with Crippen molar-refractivity contribution in [1.29, 1.82) is 0 Å². The van der Waals surface area contributed by atoms with E-state index in [1.165, 1.54) is 31.1 Å². The molecule has 4 rings (SSSR count). The lowest BCUT2D eigenvalue weighted by Gasteiger charge is -2.49. The summed E-state index contributed by atoms with van der Waals surface area (Å²) in [5.41, 5.74) is 1.93. The summed E-state index contributed by atoms with van der Waals surface area (Å²) in [6.07, 6.45) is -0.0625. The van der Waals surface area contributed by atoms with Gasteiger partial charge < -0.3 is 14.4 Å². The van der Waals surface area contributed by atoms with Gasteiger partial charge in [-0.1, -0.05) is 18.2 Å². The highest BCUT2D eigenvalue weighted by Gasteiger charge is 2.49. The second-order valence-electron chi connectivity index (χ2n) is 9.09. The predicted molar refractivity (Wildman–Crippen MR) is 131 cm³/mol. The Morgan fingerprint density at radius 2 is 1.77 bits per heavy atom. The van der Waals surface area contributed by atoms with Crippen LogP contribution in [0.15, 0.2) is 59.5 Å². The molecule has 1 saturated heterocycles. The highest BCUT2D eigenvalue weighted by molar-refractivity contribution is 7.91. The maximum atomic E-state index is 13.2. The molecule has 9 heteroatoms. The average molecular weight is 497 g/mol. The lowest BCUT2D eigenvalue weighted by atomic mass is 9.78. The van der Waals surface area contributed by atoms with Gasteiger partial charge in [-0.25, -0.2) is 8.42 Å². The number of sulfone groups is 1. The zero-order valence-electron chi connectivity index (χ0n) is 20.0. The first-order valence-electron chi connectivity index (χ1n) is 11.2. The number of para-hydroxylation sites is 1. The summed E-state index contributed by atoms with van der Waals surface area (Å²) in [6, 6.07) is 16.1. The fourth-order valence-corrected chi connectivity index (χ4v) is 6.33. The fraction of sp³-hybridized carbons (Fsp3) is 0.346. The molecule has 0 N–H and O–H groups in total. The van der Waals surface area contributed by atoms with Gasteiger partial charge in [0, 0.05) is 42.1 Å². The number of aryl methyl sites for hydroxylation is 1. The zero-order chi connectivity index (χ0) is 25.2. The molecule has 1 amide bonds. The largest absolute Gasteiger partial charge is 0.489 e. The summed E-state index contributed by atoms with van der Waals surface area (Å²) < 4.78 is 37.0. The number of carbonyl (C=O) groups is 2. The number of methoxy groups -OCH3 is 1. The zero-order valence-corrected chi connectivity index (χ0v) is 20.8. The number of benzene rings is 2. The number of aromatic nitrogens is 1. The molecule has 8 nitrogen and oxygen atoms in total. The Morgan fingerprint density at radius 3 is 2.43 bits per heavy atom. The Hall–Kier alpha value is -3.46. The van der Waals surface area contributed by atoms with Crippen molar-refractivity contribution in [2.45, 2.75) is 31.8 Å². The van der Waals surface area contributed by atoms with Crippen molar-refractivity contribution >= 4 is 32.6 Å². The van der Waals surface area contributed by atoms with Crippen LogP contribution in [0.1, 0.15) is 24.6 Å². The maximum Gasteiger partial charge on any atom is 0.306 e. The molecule has 1 aliphatic heterocycles. The standard InChI is InChI=1S/C26H28N2O6S/c1-18-12-20(23-6-4-5-7-24(23)27-18)14-34-21-8-10-22(11-9-21)35(31,32)17-26(13-25(30)33-3)15-28(16-26)19(2)29/h4-12H,13-17H2,1-3H3. The van der Waals surface area contributed by atoms with Gasteiger partial charge >= 0.3 is 5.97 Å². The van der Waals surface area contributed by atoms with Crippen molar-refractivity contribution in [3.8, 4) is 5.75 Å².